The van der Waals surface area contributed by atoms with Crippen molar-refractivity contribution in [2.75, 3.05) is 0 Å². The minimum atomic E-state index is -5.51. The Kier molecular flexibility index (Phi) is 7.20. The van der Waals surface area contributed by atoms with Gasteiger partial charge in [-0.15, -0.1) is 13.2 Å². The molecule has 2 atom stereocenters. The highest BCUT2D eigenvalue weighted by Gasteiger charge is 2.40. The van der Waals surface area contributed by atoms with Crippen LogP contribution >= 0.6 is 0 Å². The normalized spacial score (nSPS) is 15.2. The van der Waals surface area contributed by atoms with Crippen molar-refractivity contribution < 1.29 is 40.3 Å². The lowest BCUT2D eigenvalue weighted by Gasteiger charge is -2.15. The minimum Gasteiger partial charge on any atom is -0.380 e. The summed E-state index contributed by atoms with van der Waals surface area (Å²) in [6.45, 7) is -0.153. The van der Waals surface area contributed by atoms with Crippen LogP contribution in [0.5, 0.6) is 0 Å². The molecule has 0 saturated carbocycles. The summed E-state index contributed by atoms with van der Waals surface area (Å²) < 4.78 is 89.6. The van der Waals surface area contributed by atoms with Gasteiger partial charge in [-0.1, -0.05) is 30.3 Å². The molecule has 0 fully saturated rings. The number of allylic oxidation sites excluding steroid dienone is 2. The first-order valence-corrected chi connectivity index (χ1v) is 6.44. The lowest BCUT2D eigenvalue weighted by atomic mass is 10.2. The molecule has 1 aromatic rings. The van der Waals surface area contributed by atoms with Crippen LogP contribution in [0, 0.1) is 0 Å². The molecule has 0 aliphatic rings. The van der Waals surface area contributed by atoms with Crippen LogP contribution in [0.3, 0.4) is 0 Å². The smallest absolute Gasteiger partial charge is 0.380 e. The second kappa shape index (κ2) is 8.67. The van der Waals surface area contributed by atoms with E-state index in [0.717, 1.165) is 0 Å². The van der Waals surface area contributed by atoms with E-state index in [0.29, 0.717) is 5.56 Å². The Morgan fingerprint density at radius 2 is 1.71 bits per heavy atom. The van der Waals surface area contributed by atoms with Crippen molar-refractivity contribution in [3.63, 3.8) is 0 Å². The van der Waals surface area contributed by atoms with Crippen LogP contribution in [0.15, 0.2) is 42.1 Å². The molecule has 0 amide bonds. The van der Waals surface area contributed by atoms with Crippen molar-refractivity contribution in [3.05, 3.63) is 47.7 Å². The summed E-state index contributed by atoms with van der Waals surface area (Å²) in [7, 11) is 0. The van der Waals surface area contributed by atoms with E-state index >= 15 is 0 Å². The molecule has 0 aliphatic carbocycles. The van der Waals surface area contributed by atoms with E-state index in [1.54, 1.807) is 30.3 Å². The first kappa shape index (κ1) is 19.9. The largest absolute Gasteiger partial charge is 0.525 e. The molecule has 134 valence electrons. The Hall–Kier alpha value is -2.10. The fourth-order valence-electron chi connectivity index (χ4n) is 1.54. The van der Waals surface area contributed by atoms with Gasteiger partial charge >= 0.3 is 6.36 Å². The molecule has 2 unspecified atom stereocenters. The Morgan fingerprint density at radius 1 is 1.12 bits per heavy atom. The van der Waals surface area contributed by atoms with Gasteiger partial charge in [-0.05, 0) is 5.56 Å². The number of carbonyl (C=O) groups is 1. The van der Waals surface area contributed by atoms with E-state index in [1.165, 1.54) is 0 Å². The van der Waals surface area contributed by atoms with Gasteiger partial charge < -0.3 is 5.32 Å². The zero-order valence-electron chi connectivity index (χ0n) is 11.9. The zero-order valence-corrected chi connectivity index (χ0v) is 11.9. The number of ketones is 1. The molecule has 3 nitrogen and oxygen atoms in total. The van der Waals surface area contributed by atoms with Crippen molar-refractivity contribution in [1.29, 1.82) is 0 Å². The highest BCUT2D eigenvalue weighted by Crippen LogP contribution is 2.22. The molecular formula is C14H12F7NO2. The number of halogens is 7. The summed E-state index contributed by atoms with van der Waals surface area (Å²) in [5, 5.41) is 2.15. The summed E-state index contributed by atoms with van der Waals surface area (Å²) in [6.07, 6.45) is -15.8. The molecule has 0 heterocycles. The van der Waals surface area contributed by atoms with Crippen LogP contribution in [0.4, 0.5) is 30.7 Å². The van der Waals surface area contributed by atoms with Gasteiger partial charge in [0.1, 0.15) is 0 Å². The van der Waals surface area contributed by atoms with Gasteiger partial charge in [0, 0.05) is 12.6 Å². The maximum Gasteiger partial charge on any atom is 0.525 e. The molecule has 1 N–H and O–H groups in total. The second-order valence-corrected chi connectivity index (χ2v) is 4.46. The molecule has 10 heteroatoms. The predicted molar refractivity (Wildman–Crippen MR) is 69.3 cm³/mol. The van der Waals surface area contributed by atoms with E-state index in [9.17, 15) is 35.5 Å². The number of nitrogens with one attached hydrogen (secondary N) is 1. The average molecular weight is 359 g/mol. The number of hydrogen-bond acceptors (Lipinski definition) is 3. The molecule has 0 saturated heterocycles. The zero-order chi connectivity index (χ0) is 18.3. The van der Waals surface area contributed by atoms with Gasteiger partial charge in [-0.3, -0.25) is 9.53 Å². The summed E-state index contributed by atoms with van der Waals surface area (Å²) in [5.41, 5.74) is -0.497. The highest BCUT2D eigenvalue weighted by molar-refractivity contribution is 5.94. The molecule has 0 bridgehead atoms. The number of ether oxygens (including phenoxy) is 1. The molecule has 0 aromatic heterocycles. The molecule has 1 rings (SSSR count). The summed E-state index contributed by atoms with van der Waals surface area (Å²) in [4.78, 5) is 11.3. The first-order valence-electron chi connectivity index (χ1n) is 6.44. The predicted octanol–water partition coefficient (Wildman–Crippen LogP) is 3.66. The van der Waals surface area contributed by atoms with Crippen LogP contribution in [0.1, 0.15) is 5.56 Å². The number of benzene rings is 1. The van der Waals surface area contributed by atoms with E-state index in [4.69, 9.17) is 0 Å². The van der Waals surface area contributed by atoms with Crippen molar-refractivity contribution in [3.8, 4) is 0 Å². The SMILES string of the molecule is O=C(/C=C(/NCc1ccccc1)C(F)F)C(F)C(F)OC(F)(F)F. The van der Waals surface area contributed by atoms with Gasteiger partial charge in [0.25, 0.3) is 6.43 Å². The van der Waals surface area contributed by atoms with Crippen molar-refractivity contribution in [2.24, 2.45) is 0 Å². The van der Waals surface area contributed by atoms with Crippen molar-refractivity contribution in [2.45, 2.75) is 31.9 Å². The number of hydrogen-bond donors (Lipinski definition) is 1. The number of alkyl halides is 7. The molecular weight excluding hydrogens is 347 g/mol. The van der Waals surface area contributed by atoms with Gasteiger partial charge in [0.15, 0.2) is 5.78 Å². The number of rotatable bonds is 8. The monoisotopic (exact) mass is 359 g/mol. The van der Waals surface area contributed by atoms with E-state index < -0.39 is 36.8 Å². The van der Waals surface area contributed by atoms with Gasteiger partial charge in [-0.25, -0.2) is 17.6 Å². The lowest BCUT2D eigenvalue weighted by molar-refractivity contribution is -0.365. The van der Waals surface area contributed by atoms with E-state index in [1.807, 2.05) is 0 Å². The first-order chi connectivity index (χ1) is 11.1. The quantitative estimate of drug-likeness (QED) is 0.569. The maximum absolute atomic E-state index is 13.2. The molecule has 0 spiro atoms. The molecule has 0 radical (unpaired) electrons. The number of carbonyl (C=O) groups excluding carboxylic acids is 1. The molecule has 1 aromatic carbocycles. The Morgan fingerprint density at radius 3 is 2.21 bits per heavy atom. The molecule has 0 aliphatic heterocycles. The van der Waals surface area contributed by atoms with Gasteiger partial charge in [0.2, 0.25) is 12.5 Å². The topological polar surface area (TPSA) is 38.3 Å². The molecule has 24 heavy (non-hydrogen) atoms. The Bertz CT molecular complexity index is 560. The average Bonchev–Trinajstić information content (AvgIpc) is 2.49. The standard InChI is InChI=1S/C14H12F7NO2/c15-11(13(18)24-14(19,20)21)10(23)6-9(12(16)17)22-7-8-4-2-1-3-5-8/h1-6,11-13,22H,7H2/b9-6+. The Labute approximate surface area is 132 Å². The minimum absolute atomic E-state index is 0.0184. The van der Waals surface area contributed by atoms with Crippen LogP contribution in [-0.2, 0) is 16.1 Å². The van der Waals surface area contributed by atoms with E-state index in [-0.39, 0.29) is 12.6 Å². The van der Waals surface area contributed by atoms with Crippen LogP contribution in [0.25, 0.3) is 0 Å². The fraction of sp³-hybridized carbons (Fsp3) is 0.357. The maximum atomic E-state index is 13.2. The third kappa shape index (κ3) is 6.99. The van der Waals surface area contributed by atoms with Gasteiger partial charge in [-0.2, -0.15) is 0 Å². The highest BCUT2D eigenvalue weighted by atomic mass is 19.4. The lowest BCUT2D eigenvalue weighted by Crippen LogP contribution is -2.33. The van der Waals surface area contributed by atoms with Crippen molar-refractivity contribution >= 4 is 5.78 Å². The van der Waals surface area contributed by atoms with Crippen LogP contribution in [-0.4, -0.2) is 31.1 Å². The van der Waals surface area contributed by atoms with Crippen LogP contribution < -0.4 is 5.32 Å². The third-order valence-electron chi connectivity index (χ3n) is 2.62. The van der Waals surface area contributed by atoms with Gasteiger partial charge in [0.05, 0.1) is 5.70 Å². The summed E-state index contributed by atoms with van der Waals surface area (Å²) in [6, 6.07) is 8.06. The Balaban J connectivity index is 2.74. The summed E-state index contributed by atoms with van der Waals surface area (Å²) in [5.74, 6) is -1.91. The van der Waals surface area contributed by atoms with Crippen LogP contribution in [0.2, 0.25) is 0 Å². The third-order valence-corrected chi connectivity index (χ3v) is 2.62. The van der Waals surface area contributed by atoms with Crippen molar-refractivity contribution in [1.82, 2.24) is 5.32 Å². The summed E-state index contributed by atoms with van der Waals surface area (Å²) >= 11 is 0. The fourth-order valence-corrected chi connectivity index (χ4v) is 1.54. The second-order valence-electron chi connectivity index (χ2n) is 4.46. The van der Waals surface area contributed by atoms with E-state index in [2.05, 4.69) is 10.1 Å².